The molecule has 236 valence electrons. The Morgan fingerprint density at radius 3 is 2.20 bits per heavy atom. The summed E-state index contributed by atoms with van der Waals surface area (Å²) < 4.78 is 20.8. The number of rotatable bonds is 13. The molecule has 1 fully saturated rings. The SMILES string of the molecule is CCOC(=O)N=C(N)C1(OC(NC(=O)c2ccccc2)(C(=O)O)C(=O)CCc2ccc(OC(=O)OCC)cc2)CCNCC1. The Kier molecular flexibility index (Phi) is 11.9. The molecule has 2 amide bonds. The average Bonchev–Trinajstić information content (AvgIpc) is 3.01. The molecule has 1 unspecified atom stereocenters. The molecule has 3 rings (SSSR count). The van der Waals surface area contributed by atoms with Crippen molar-refractivity contribution in [1.82, 2.24) is 10.6 Å². The number of hydrogen-bond acceptors (Lipinski definition) is 10. The second kappa shape index (κ2) is 15.6. The van der Waals surface area contributed by atoms with E-state index in [1.165, 1.54) is 24.3 Å². The Morgan fingerprint density at radius 2 is 1.61 bits per heavy atom. The zero-order chi connectivity index (χ0) is 32.2. The van der Waals surface area contributed by atoms with Crippen LogP contribution in [0.1, 0.15) is 49.0 Å². The smallest absolute Gasteiger partial charge is 0.477 e. The molecule has 0 radical (unpaired) electrons. The van der Waals surface area contributed by atoms with Crippen molar-refractivity contribution in [3.8, 4) is 5.75 Å². The van der Waals surface area contributed by atoms with Crippen LogP contribution >= 0.6 is 0 Å². The van der Waals surface area contributed by atoms with E-state index in [1.54, 1.807) is 44.2 Å². The quantitative estimate of drug-likeness (QED) is 0.0643. The monoisotopic (exact) mass is 612 g/mol. The van der Waals surface area contributed by atoms with Crippen LogP contribution in [0.25, 0.3) is 0 Å². The first-order valence-electron chi connectivity index (χ1n) is 14.0. The van der Waals surface area contributed by atoms with Gasteiger partial charge in [-0.05, 0) is 76.0 Å². The van der Waals surface area contributed by atoms with E-state index in [-0.39, 0.29) is 69.1 Å². The van der Waals surface area contributed by atoms with E-state index in [0.717, 1.165) is 0 Å². The number of carbonyl (C=O) groups is 5. The van der Waals surface area contributed by atoms with Crippen LogP contribution in [0.3, 0.4) is 0 Å². The molecule has 2 aromatic carbocycles. The zero-order valence-corrected chi connectivity index (χ0v) is 24.5. The maximum Gasteiger partial charge on any atom is 0.513 e. The number of ether oxygens (including phenoxy) is 4. The molecule has 0 aromatic heterocycles. The number of nitrogens with one attached hydrogen (secondary N) is 2. The number of Topliss-reactive ketones (excluding diaryl/α,β-unsaturated/α-hetero) is 1. The predicted molar refractivity (Wildman–Crippen MR) is 156 cm³/mol. The maximum atomic E-state index is 13.9. The molecule has 2 aromatic rings. The molecule has 14 nitrogen and oxygen atoms in total. The summed E-state index contributed by atoms with van der Waals surface area (Å²) in [5, 5.41) is 15.9. The number of nitrogens with two attached hydrogens (primary N) is 1. The highest BCUT2D eigenvalue weighted by molar-refractivity contribution is 6.11. The molecule has 14 heteroatoms. The molecule has 1 heterocycles. The number of aryl methyl sites for hydroxylation is 1. The van der Waals surface area contributed by atoms with E-state index in [0.29, 0.717) is 5.56 Å². The van der Waals surface area contributed by atoms with E-state index < -0.39 is 41.2 Å². The lowest BCUT2D eigenvalue weighted by atomic mass is 9.89. The number of hydrogen-bond donors (Lipinski definition) is 4. The van der Waals surface area contributed by atoms with Gasteiger partial charge in [0.15, 0.2) is 5.78 Å². The standard InChI is InChI=1S/C30H36N4O10/c1-3-41-27(39)33-25(31)29(16-18-32-19-17-29)44-30(26(37)38,34-24(36)21-8-6-5-7-9-21)23(35)15-12-20-10-13-22(14-11-20)43-28(40)42-4-2/h5-11,13-14,32H,3-4,12,15-19H2,1-2H3,(H,34,36)(H,37,38)(H2,31,33,39). The van der Waals surface area contributed by atoms with Crippen molar-refractivity contribution in [1.29, 1.82) is 0 Å². The summed E-state index contributed by atoms with van der Waals surface area (Å²) in [7, 11) is 0. The van der Waals surface area contributed by atoms with Crippen molar-refractivity contribution >= 4 is 35.7 Å². The van der Waals surface area contributed by atoms with Crippen LogP contribution in [0.5, 0.6) is 5.75 Å². The summed E-state index contributed by atoms with van der Waals surface area (Å²) in [6.07, 6.45) is -2.16. The van der Waals surface area contributed by atoms with E-state index >= 15 is 0 Å². The van der Waals surface area contributed by atoms with Crippen LogP contribution in [0, 0.1) is 0 Å². The van der Waals surface area contributed by atoms with Crippen LogP contribution in [0.4, 0.5) is 9.59 Å². The van der Waals surface area contributed by atoms with Gasteiger partial charge in [-0.2, -0.15) is 4.99 Å². The van der Waals surface area contributed by atoms with Gasteiger partial charge in [0, 0.05) is 12.0 Å². The molecule has 0 aliphatic carbocycles. The van der Waals surface area contributed by atoms with Gasteiger partial charge in [0.05, 0.1) is 13.2 Å². The summed E-state index contributed by atoms with van der Waals surface area (Å²) >= 11 is 0. The average molecular weight is 613 g/mol. The second-order valence-electron chi connectivity index (χ2n) is 9.70. The van der Waals surface area contributed by atoms with Gasteiger partial charge in [-0.3, -0.25) is 9.59 Å². The number of carbonyl (C=O) groups excluding carboxylic acids is 4. The van der Waals surface area contributed by atoms with Crippen LogP contribution in [-0.4, -0.2) is 78.5 Å². The van der Waals surface area contributed by atoms with Crippen LogP contribution in [-0.2, 0) is 30.2 Å². The highest BCUT2D eigenvalue weighted by Crippen LogP contribution is 2.31. The summed E-state index contributed by atoms with van der Waals surface area (Å²) in [4.78, 5) is 67.7. The molecule has 0 bridgehead atoms. The van der Waals surface area contributed by atoms with E-state index in [1.807, 2.05) is 0 Å². The second-order valence-corrected chi connectivity index (χ2v) is 9.70. The molecule has 1 atom stereocenters. The third-order valence-electron chi connectivity index (χ3n) is 6.75. The van der Waals surface area contributed by atoms with Crippen molar-refractivity contribution in [3.05, 3.63) is 65.7 Å². The van der Waals surface area contributed by atoms with Crippen molar-refractivity contribution in [2.45, 2.75) is 50.9 Å². The third-order valence-corrected chi connectivity index (χ3v) is 6.75. The largest absolute Gasteiger partial charge is 0.513 e. The number of aliphatic imine (C=N–C) groups is 1. The van der Waals surface area contributed by atoms with Crippen molar-refractivity contribution in [3.63, 3.8) is 0 Å². The number of benzene rings is 2. The molecule has 1 aliphatic heterocycles. The summed E-state index contributed by atoms with van der Waals surface area (Å²) in [6.45, 7) is 3.95. The van der Waals surface area contributed by atoms with E-state index in [2.05, 4.69) is 15.6 Å². The minimum atomic E-state index is -2.91. The van der Waals surface area contributed by atoms with Gasteiger partial charge in [-0.1, -0.05) is 30.3 Å². The molecular weight excluding hydrogens is 576 g/mol. The Labute approximate surface area is 253 Å². The third kappa shape index (κ3) is 8.61. The van der Waals surface area contributed by atoms with Gasteiger partial charge in [0.2, 0.25) is 0 Å². The number of carboxylic acid groups (broad SMARTS) is 1. The van der Waals surface area contributed by atoms with Gasteiger partial charge < -0.3 is 40.4 Å². The Bertz CT molecular complexity index is 1360. The molecular formula is C30H36N4O10. The molecule has 1 saturated heterocycles. The topological polar surface area (TPSA) is 205 Å². The number of aliphatic carboxylic acids is 1. The number of piperidine rings is 1. The zero-order valence-electron chi connectivity index (χ0n) is 24.5. The van der Waals surface area contributed by atoms with Crippen LogP contribution in [0.15, 0.2) is 59.6 Å². The maximum absolute atomic E-state index is 13.9. The fourth-order valence-electron chi connectivity index (χ4n) is 4.48. The number of carboxylic acids is 1. The normalized spacial score (nSPS) is 15.7. The first-order chi connectivity index (χ1) is 21.0. The van der Waals surface area contributed by atoms with Crippen molar-refractivity contribution in [2.24, 2.45) is 10.7 Å². The van der Waals surface area contributed by atoms with Crippen molar-refractivity contribution < 1.29 is 48.0 Å². The Balaban J connectivity index is 1.96. The molecule has 44 heavy (non-hydrogen) atoms. The number of amidine groups is 1. The van der Waals surface area contributed by atoms with E-state index in [4.69, 9.17) is 24.7 Å². The highest BCUT2D eigenvalue weighted by Gasteiger charge is 2.55. The van der Waals surface area contributed by atoms with Crippen LogP contribution in [0.2, 0.25) is 0 Å². The summed E-state index contributed by atoms with van der Waals surface area (Å²) in [5.41, 5.74) is 2.28. The number of nitrogens with zero attached hydrogens (tertiary/aromatic N) is 1. The fourth-order valence-corrected chi connectivity index (χ4v) is 4.48. The van der Waals surface area contributed by atoms with Gasteiger partial charge in [0.1, 0.15) is 17.2 Å². The highest BCUT2D eigenvalue weighted by atomic mass is 16.7. The lowest BCUT2D eigenvalue weighted by Gasteiger charge is -2.42. The Hall–Kier alpha value is -4.82. The number of ketones is 1. The number of amides is 2. The Morgan fingerprint density at radius 1 is 0.977 bits per heavy atom. The predicted octanol–water partition coefficient (Wildman–Crippen LogP) is 2.59. The first kappa shape index (κ1) is 33.7. The molecule has 0 saturated carbocycles. The van der Waals surface area contributed by atoms with Crippen molar-refractivity contribution in [2.75, 3.05) is 26.3 Å². The minimum Gasteiger partial charge on any atom is -0.477 e. The summed E-state index contributed by atoms with van der Waals surface area (Å²) in [6, 6.07) is 13.9. The van der Waals surface area contributed by atoms with Gasteiger partial charge in [0.25, 0.3) is 5.91 Å². The first-order valence-corrected chi connectivity index (χ1v) is 14.0. The summed E-state index contributed by atoms with van der Waals surface area (Å²) in [5.74, 6) is -3.83. The fraction of sp³-hybridized carbons (Fsp3) is 0.400. The lowest BCUT2D eigenvalue weighted by molar-refractivity contribution is -0.193. The van der Waals surface area contributed by atoms with Gasteiger partial charge in [-0.25, -0.2) is 14.4 Å². The molecule has 1 aliphatic rings. The lowest BCUT2D eigenvalue weighted by Crippen LogP contribution is -2.68. The van der Waals surface area contributed by atoms with Gasteiger partial charge >= 0.3 is 23.9 Å². The molecule has 0 spiro atoms. The minimum absolute atomic E-state index is 0.0195. The van der Waals surface area contributed by atoms with Crippen LogP contribution < -0.4 is 21.1 Å². The van der Waals surface area contributed by atoms with E-state index in [9.17, 15) is 29.1 Å². The molecule has 5 N–H and O–H groups in total. The van der Waals surface area contributed by atoms with Gasteiger partial charge in [-0.15, -0.1) is 0 Å².